The first kappa shape index (κ1) is 42.6. The van der Waals surface area contributed by atoms with Gasteiger partial charge in [0.2, 0.25) is 29.5 Å². The van der Waals surface area contributed by atoms with Gasteiger partial charge in [0.05, 0.1) is 12.4 Å². The quantitative estimate of drug-likeness (QED) is 0.105. The molecule has 53 heavy (non-hydrogen) atoms. The fourth-order valence-electron chi connectivity index (χ4n) is 6.44. The summed E-state index contributed by atoms with van der Waals surface area (Å²) >= 11 is 0. The van der Waals surface area contributed by atoms with Crippen LogP contribution < -0.4 is 27.0 Å². The van der Waals surface area contributed by atoms with E-state index in [9.17, 15) is 33.9 Å². The van der Waals surface area contributed by atoms with E-state index in [0.29, 0.717) is 31.4 Å². The normalized spacial score (nSPS) is 17.7. The molecule has 0 spiro atoms. The molecule has 3 rings (SSSR count). The van der Waals surface area contributed by atoms with E-state index in [2.05, 4.69) is 31.2 Å². The first-order valence-electron chi connectivity index (χ1n) is 18.6. The van der Waals surface area contributed by atoms with E-state index in [1.165, 1.54) is 17.4 Å². The lowest BCUT2D eigenvalue weighted by atomic mass is 9.98. The standard InChI is InChI=1S/C38H58N8O7/c1-7-24(6)32(38(52)53)45-36(50)31-14-11-15-46(31)37(51)30(19-26-20-40-21-41-26)44-35(49)29(17-23(4)5)43-34(48)28(16-22(2)3)42-33(47)27(39)18-25-12-9-8-10-13-25/h8-10,12-13,20-24,27-32H,7,11,14-19,39H2,1-6H3,(H,40,41)(H,42,47)(H,43,48)(H,44,49)(H,45,50)(H,52,53)/t24-,27-,28-,29-,30-,31-,32-/m0/s1. The topological polar surface area (TPSA) is 229 Å². The molecular formula is C38H58N8O7. The summed E-state index contributed by atoms with van der Waals surface area (Å²) in [6, 6.07) is 3.20. The molecule has 8 N–H and O–H groups in total. The minimum Gasteiger partial charge on any atom is -0.480 e. The summed E-state index contributed by atoms with van der Waals surface area (Å²) in [5, 5.41) is 20.8. The smallest absolute Gasteiger partial charge is 0.326 e. The molecule has 1 aliphatic rings. The molecule has 7 atom stereocenters. The lowest BCUT2D eigenvalue weighted by Gasteiger charge is -2.31. The lowest BCUT2D eigenvalue weighted by molar-refractivity contribution is -0.146. The number of nitrogens with zero attached hydrogens (tertiary/aromatic N) is 2. The molecule has 1 saturated heterocycles. The molecule has 0 bridgehead atoms. The molecule has 0 saturated carbocycles. The number of hydrogen-bond donors (Lipinski definition) is 7. The average Bonchev–Trinajstić information content (AvgIpc) is 3.82. The Balaban J connectivity index is 1.80. The molecule has 1 aliphatic heterocycles. The van der Waals surface area contributed by atoms with E-state index in [-0.39, 0.29) is 43.6 Å². The molecule has 0 radical (unpaired) electrons. The second-order valence-corrected chi connectivity index (χ2v) is 14.9. The maximum Gasteiger partial charge on any atom is 0.326 e. The molecule has 1 aromatic carbocycles. The van der Waals surface area contributed by atoms with Gasteiger partial charge in [-0.25, -0.2) is 9.78 Å². The Morgan fingerprint density at radius 3 is 1.98 bits per heavy atom. The number of hydrogen-bond acceptors (Lipinski definition) is 8. The summed E-state index contributed by atoms with van der Waals surface area (Å²) in [5.74, 6) is -4.25. The van der Waals surface area contributed by atoms with Crippen molar-refractivity contribution in [2.24, 2.45) is 23.5 Å². The third kappa shape index (κ3) is 13.0. The van der Waals surface area contributed by atoms with Crippen molar-refractivity contribution in [2.45, 2.75) is 123 Å². The van der Waals surface area contributed by atoms with Gasteiger partial charge in [0.25, 0.3) is 0 Å². The molecule has 15 nitrogen and oxygen atoms in total. The van der Waals surface area contributed by atoms with E-state index in [0.717, 1.165) is 5.56 Å². The van der Waals surface area contributed by atoms with Gasteiger partial charge in [0.15, 0.2) is 0 Å². The number of carbonyl (C=O) groups excluding carboxylic acids is 5. The summed E-state index contributed by atoms with van der Waals surface area (Å²) in [6.07, 6.45) is 5.19. The second-order valence-electron chi connectivity index (χ2n) is 14.9. The highest BCUT2D eigenvalue weighted by Gasteiger charge is 2.40. The van der Waals surface area contributed by atoms with Crippen LogP contribution in [0.3, 0.4) is 0 Å². The minimum atomic E-state index is -1.16. The van der Waals surface area contributed by atoms with Crippen LogP contribution in [0.25, 0.3) is 0 Å². The summed E-state index contributed by atoms with van der Waals surface area (Å²) < 4.78 is 0. The Labute approximate surface area is 312 Å². The molecule has 15 heteroatoms. The van der Waals surface area contributed by atoms with Crippen molar-refractivity contribution in [1.82, 2.24) is 36.1 Å². The van der Waals surface area contributed by atoms with Crippen molar-refractivity contribution in [2.75, 3.05) is 6.54 Å². The fraction of sp³-hybridized carbons (Fsp3) is 0.605. The Bertz CT molecular complexity index is 1520. The number of carboxylic acid groups (broad SMARTS) is 1. The molecule has 1 aromatic heterocycles. The Morgan fingerprint density at radius 2 is 1.45 bits per heavy atom. The summed E-state index contributed by atoms with van der Waals surface area (Å²) in [7, 11) is 0. The number of aromatic nitrogens is 2. The van der Waals surface area contributed by atoms with Crippen LogP contribution in [0.2, 0.25) is 0 Å². The van der Waals surface area contributed by atoms with Crippen LogP contribution in [-0.4, -0.2) is 98.3 Å². The predicted octanol–water partition coefficient (Wildman–Crippen LogP) is 1.68. The minimum absolute atomic E-state index is 0.0201. The first-order chi connectivity index (χ1) is 25.1. The number of amides is 5. The third-order valence-corrected chi connectivity index (χ3v) is 9.52. The monoisotopic (exact) mass is 738 g/mol. The second kappa shape index (κ2) is 20.5. The number of aliphatic carboxylic acids is 1. The maximum absolute atomic E-state index is 14.2. The zero-order valence-electron chi connectivity index (χ0n) is 31.8. The third-order valence-electron chi connectivity index (χ3n) is 9.52. The molecule has 1 fully saturated rings. The molecule has 0 unspecified atom stereocenters. The first-order valence-corrected chi connectivity index (χ1v) is 18.6. The maximum atomic E-state index is 14.2. The van der Waals surface area contributed by atoms with Crippen LogP contribution in [-0.2, 0) is 41.6 Å². The summed E-state index contributed by atoms with van der Waals surface area (Å²) in [5.41, 5.74) is 7.65. The van der Waals surface area contributed by atoms with Crippen LogP contribution in [0.15, 0.2) is 42.9 Å². The number of nitrogens with two attached hydrogens (primary N) is 1. The highest BCUT2D eigenvalue weighted by molar-refractivity contribution is 5.96. The molecule has 2 aromatic rings. The van der Waals surface area contributed by atoms with Gasteiger partial charge in [-0.3, -0.25) is 24.0 Å². The summed E-state index contributed by atoms with van der Waals surface area (Å²) in [4.78, 5) is 88.8. The van der Waals surface area contributed by atoms with Gasteiger partial charge >= 0.3 is 5.97 Å². The van der Waals surface area contributed by atoms with Gasteiger partial charge in [-0.15, -0.1) is 0 Å². The van der Waals surface area contributed by atoms with E-state index in [1.54, 1.807) is 6.92 Å². The Kier molecular flexibility index (Phi) is 16.4. The van der Waals surface area contributed by atoms with Gasteiger partial charge in [0, 0.05) is 24.9 Å². The van der Waals surface area contributed by atoms with Crippen molar-refractivity contribution in [3.8, 4) is 0 Å². The number of aromatic amines is 1. The summed E-state index contributed by atoms with van der Waals surface area (Å²) in [6.45, 7) is 11.4. The zero-order valence-corrected chi connectivity index (χ0v) is 31.8. The molecule has 0 aliphatic carbocycles. The number of rotatable bonds is 20. The number of nitrogens with one attached hydrogen (secondary N) is 5. The predicted molar refractivity (Wildman–Crippen MR) is 199 cm³/mol. The number of likely N-dealkylation sites (tertiary alicyclic amines) is 1. The Morgan fingerprint density at radius 1 is 0.868 bits per heavy atom. The van der Waals surface area contributed by atoms with Crippen molar-refractivity contribution >= 4 is 35.5 Å². The molecule has 2 heterocycles. The van der Waals surface area contributed by atoms with Crippen molar-refractivity contribution < 1.29 is 33.9 Å². The zero-order chi connectivity index (χ0) is 39.2. The van der Waals surface area contributed by atoms with Crippen LogP contribution in [0, 0.1) is 17.8 Å². The largest absolute Gasteiger partial charge is 0.480 e. The highest BCUT2D eigenvalue weighted by atomic mass is 16.4. The van der Waals surface area contributed by atoms with Gasteiger partial charge < -0.3 is 42.0 Å². The van der Waals surface area contributed by atoms with E-state index >= 15 is 0 Å². The molecule has 292 valence electrons. The van der Waals surface area contributed by atoms with Gasteiger partial charge in [-0.1, -0.05) is 78.3 Å². The fourth-order valence-corrected chi connectivity index (χ4v) is 6.44. The van der Waals surface area contributed by atoms with Gasteiger partial charge in [0.1, 0.15) is 30.2 Å². The van der Waals surface area contributed by atoms with Gasteiger partial charge in [-0.05, 0) is 55.4 Å². The van der Waals surface area contributed by atoms with E-state index in [1.807, 2.05) is 65.0 Å². The highest BCUT2D eigenvalue weighted by Crippen LogP contribution is 2.21. The molecular weight excluding hydrogens is 680 g/mol. The van der Waals surface area contributed by atoms with Crippen LogP contribution >= 0.6 is 0 Å². The average molecular weight is 739 g/mol. The van der Waals surface area contributed by atoms with Crippen molar-refractivity contribution in [3.63, 3.8) is 0 Å². The number of carboxylic acids is 1. The van der Waals surface area contributed by atoms with Crippen LogP contribution in [0.5, 0.6) is 0 Å². The number of benzene rings is 1. The molecule has 5 amide bonds. The number of imidazole rings is 1. The van der Waals surface area contributed by atoms with Crippen LogP contribution in [0.4, 0.5) is 0 Å². The number of carbonyl (C=O) groups is 6. The van der Waals surface area contributed by atoms with E-state index < -0.39 is 71.8 Å². The Hall–Kier alpha value is -4.79. The van der Waals surface area contributed by atoms with Crippen molar-refractivity contribution in [1.29, 1.82) is 0 Å². The van der Waals surface area contributed by atoms with E-state index in [4.69, 9.17) is 5.73 Å². The van der Waals surface area contributed by atoms with Crippen LogP contribution in [0.1, 0.15) is 84.9 Å². The van der Waals surface area contributed by atoms with Gasteiger partial charge in [-0.2, -0.15) is 0 Å². The van der Waals surface area contributed by atoms with Crippen molar-refractivity contribution in [3.05, 3.63) is 54.1 Å². The SMILES string of the molecule is CC[C@H](C)[C@H](NC(=O)[C@@H]1CCCN1C(=O)[C@H](Cc1cnc[nH]1)NC(=O)[C@H](CC(C)C)NC(=O)[C@H](CC(C)C)NC(=O)[C@@H](N)Cc1ccccc1)C(=O)O. The number of H-pyrrole nitrogens is 1. The lowest BCUT2D eigenvalue weighted by Crippen LogP contribution is -2.60.